The molecular weight excluding hydrogens is 246 g/mol. The van der Waals surface area contributed by atoms with E-state index < -0.39 is 0 Å². The molecule has 1 atom stereocenters. The van der Waals surface area contributed by atoms with Crippen molar-refractivity contribution in [3.05, 3.63) is 0 Å². The van der Waals surface area contributed by atoms with Crippen LogP contribution in [0.1, 0.15) is 6.42 Å². The standard InChI is InChI=1S/C10H19N3O3.ClH/c1-11-9(14)3-5-13(2)10(15)8-7-16-6-4-12-8;/h8,12H,3-7H2,1-2H3,(H,11,14);1H. The molecule has 1 aliphatic rings. The highest BCUT2D eigenvalue weighted by Crippen LogP contribution is 1.99. The summed E-state index contributed by atoms with van der Waals surface area (Å²) in [4.78, 5) is 24.4. The van der Waals surface area contributed by atoms with Gasteiger partial charge in [0.15, 0.2) is 0 Å². The lowest BCUT2D eigenvalue weighted by molar-refractivity contribution is -0.135. The van der Waals surface area contributed by atoms with E-state index in [2.05, 4.69) is 10.6 Å². The van der Waals surface area contributed by atoms with Gasteiger partial charge >= 0.3 is 0 Å². The SMILES string of the molecule is CNC(=O)CCN(C)C(=O)C1COCCN1.Cl. The number of likely N-dealkylation sites (N-methyl/N-ethyl adjacent to an activating group) is 1. The maximum absolute atomic E-state index is 11.9. The Bertz CT molecular complexity index is 257. The number of ether oxygens (including phenoxy) is 1. The van der Waals surface area contributed by atoms with Gasteiger partial charge in [-0.1, -0.05) is 0 Å². The number of morpholine rings is 1. The van der Waals surface area contributed by atoms with Gasteiger partial charge in [-0.05, 0) is 0 Å². The molecule has 1 fully saturated rings. The van der Waals surface area contributed by atoms with Crippen molar-refractivity contribution in [2.75, 3.05) is 40.4 Å². The van der Waals surface area contributed by atoms with Crippen LogP contribution in [0.15, 0.2) is 0 Å². The second kappa shape index (κ2) is 8.27. The second-order valence-electron chi connectivity index (χ2n) is 3.76. The maximum atomic E-state index is 11.9. The van der Waals surface area contributed by atoms with Crippen LogP contribution < -0.4 is 10.6 Å². The summed E-state index contributed by atoms with van der Waals surface area (Å²) >= 11 is 0. The lowest BCUT2D eigenvalue weighted by Crippen LogP contribution is -2.52. The molecule has 0 radical (unpaired) electrons. The number of rotatable bonds is 4. The number of carbonyl (C=O) groups is 2. The molecular formula is C10H20ClN3O3. The molecule has 1 heterocycles. The lowest BCUT2D eigenvalue weighted by Gasteiger charge is -2.27. The number of nitrogens with zero attached hydrogens (tertiary/aromatic N) is 1. The Morgan fingerprint density at radius 1 is 1.53 bits per heavy atom. The molecule has 17 heavy (non-hydrogen) atoms. The highest BCUT2D eigenvalue weighted by Gasteiger charge is 2.24. The molecule has 100 valence electrons. The van der Waals surface area contributed by atoms with E-state index in [4.69, 9.17) is 4.74 Å². The van der Waals surface area contributed by atoms with Gasteiger partial charge in [0, 0.05) is 33.6 Å². The van der Waals surface area contributed by atoms with Crippen molar-refractivity contribution in [3.63, 3.8) is 0 Å². The van der Waals surface area contributed by atoms with E-state index in [0.717, 1.165) is 0 Å². The molecule has 2 N–H and O–H groups in total. The van der Waals surface area contributed by atoms with E-state index in [1.807, 2.05) is 0 Å². The fraction of sp³-hybridized carbons (Fsp3) is 0.800. The summed E-state index contributed by atoms with van der Waals surface area (Å²) < 4.78 is 5.21. The first-order chi connectivity index (χ1) is 7.65. The first-order valence-electron chi connectivity index (χ1n) is 5.42. The average molecular weight is 266 g/mol. The van der Waals surface area contributed by atoms with Gasteiger partial charge in [-0.2, -0.15) is 0 Å². The number of carbonyl (C=O) groups excluding carboxylic acids is 2. The zero-order valence-corrected chi connectivity index (χ0v) is 11.0. The van der Waals surface area contributed by atoms with Crippen molar-refractivity contribution in [3.8, 4) is 0 Å². The fourth-order valence-corrected chi connectivity index (χ4v) is 1.49. The maximum Gasteiger partial charge on any atom is 0.241 e. The van der Waals surface area contributed by atoms with Crippen LogP contribution in [0.5, 0.6) is 0 Å². The van der Waals surface area contributed by atoms with Crippen LogP contribution in [0.2, 0.25) is 0 Å². The fourth-order valence-electron chi connectivity index (χ4n) is 1.49. The molecule has 0 saturated carbocycles. The van der Waals surface area contributed by atoms with Gasteiger partial charge in [-0.3, -0.25) is 9.59 Å². The molecule has 0 aromatic rings. The lowest BCUT2D eigenvalue weighted by atomic mass is 10.2. The first-order valence-corrected chi connectivity index (χ1v) is 5.42. The van der Waals surface area contributed by atoms with E-state index >= 15 is 0 Å². The van der Waals surface area contributed by atoms with Crippen molar-refractivity contribution in [1.82, 2.24) is 15.5 Å². The topological polar surface area (TPSA) is 70.7 Å². The smallest absolute Gasteiger partial charge is 0.241 e. The monoisotopic (exact) mass is 265 g/mol. The van der Waals surface area contributed by atoms with E-state index in [-0.39, 0.29) is 30.3 Å². The minimum Gasteiger partial charge on any atom is -0.378 e. The van der Waals surface area contributed by atoms with E-state index in [1.54, 1.807) is 19.0 Å². The zero-order chi connectivity index (χ0) is 12.0. The highest BCUT2D eigenvalue weighted by molar-refractivity contribution is 5.85. The number of halogens is 1. The van der Waals surface area contributed by atoms with E-state index in [9.17, 15) is 9.59 Å². The van der Waals surface area contributed by atoms with Crippen LogP contribution in [0.3, 0.4) is 0 Å². The van der Waals surface area contributed by atoms with Crippen LogP contribution in [0.25, 0.3) is 0 Å². The normalized spacial score (nSPS) is 19.1. The molecule has 2 amide bonds. The summed E-state index contributed by atoms with van der Waals surface area (Å²) in [6.07, 6.45) is 0.326. The van der Waals surface area contributed by atoms with Gasteiger partial charge in [0.25, 0.3) is 0 Å². The Morgan fingerprint density at radius 2 is 2.24 bits per heavy atom. The molecule has 1 aliphatic heterocycles. The Balaban J connectivity index is 0.00000256. The summed E-state index contributed by atoms with van der Waals surface area (Å²) in [5, 5.41) is 5.61. The van der Waals surface area contributed by atoms with Crippen molar-refractivity contribution in [1.29, 1.82) is 0 Å². The Hall–Kier alpha value is -0.850. The third-order valence-electron chi connectivity index (χ3n) is 2.55. The van der Waals surface area contributed by atoms with E-state index in [1.165, 1.54) is 0 Å². The second-order valence-corrected chi connectivity index (χ2v) is 3.76. The molecule has 6 nitrogen and oxygen atoms in total. The number of nitrogens with one attached hydrogen (secondary N) is 2. The van der Waals surface area contributed by atoms with Crippen LogP contribution in [-0.4, -0.2) is 63.2 Å². The molecule has 1 rings (SSSR count). The Morgan fingerprint density at radius 3 is 2.76 bits per heavy atom. The van der Waals surface area contributed by atoms with Crippen LogP contribution >= 0.6 is 12.4 Å². The van der Waals surface area contributed by atoms with Crippen molar-refractivity contribution >= 4 is 24.2 Å². The molecule has 1 saturated heterocycles. The Kier molecular flexibility index (Phi) is 7.86. The number of hydrogen-bond acceptors (Lipinski definition) is 4. The summed E-state index contributed by atoms with van der Waals surface area (Å²) in [7, 11) is 3.28. The molecule has 7 heteroatoms. The van der Waals surface area contributed by atoms with Gasteiger partial charge in [-0.25, -0.2) is 0 Å². The van der Waals surface area contributed by atoms with E-state index in [0.29, 0.717) is 32.7 Å². The molecule has 0 bridgehead atoms. The third kappa shape index (κ3) is 5.34. The Labute approximate surface area is 107 Å². The summed E-state index contributed by atoms with van der Waals surface area (Å²) in [6.45, 7) is 2.17. The summed E-state index contributed by atoms with van der Waals surface area (Å²) in [5.74, 6) is -0.0869. The molecule has 0 aliphatic carbocycles. The third-order valence-corrected chi connectivity index (χ3v) is 2.55. The van der Waals surface area contributed by atoms with Crippen molar-refractivity contribution in [2.45, 2.75) is 12.5 Å². The van der Waals surface area contributed by atoms with Gasteiger partial charge in [-0.15, -0.1) is 12.4 Å². The van der Waals surface area contributed by atoms with Gasteiger partial charge in [0.05, 0.1) is 13.2 Å². The molecule has 1 unspecified atom stereocenters. The summed E-state index contributed by atoms with van der Waals surface area (Å²) in [5.41, 5.74) is 0. The number of amides is 2. The number of hydrogen-bond donors (Lipinski definition) is 2. The minimum absolute atomic E-state index is 0. The molecule has 0 spiro atoms. The van der Waals surface area contributed by atoms with Crippen LogP contribution in [-0.2, 0) is 14.3 Å². The minimum atomic E-state index is -0.275. The largest absolute Gasteiger partial charge is 0.378 e. The van der Waals surface area contributed by atoms with Gasteiger partial charge in [0.1, 0.15) is 6.04 Å². The predicted molar refractivity (Wildman–Crippen MR) is 66.2 cm³/mol. The molecule has 0 aromatic carbocycles. The highest BCUT2D eigenvalue weighted by atomic mass is 35.5. The van der Waals surface area contributed by atoms with Crippen molar-refractivity contribution < 1.29 is 14.3 Å². The first kappa shape index (κ1) is 16.1. The zero-order valence-electron chi connectivity index (χ0n) is 10.2. The van der Waals surface area contributed by atoms with Gasteiger partial charge < -0.3 is 20.3 Å². The predicted octanol–water partition coefficient (Wildman–Crippen LogP) is -1.01. The van der Waals surface area contributed by atoms with Crippen LogP contribution in [0.4, 0.5) is 0 Å². The average Bonchev–Trinajstić information content (AvgIpc) is 2.35. The van der Waals surface area contributed by atoms with Gasteiger partial charge in [0.2, 0.25) is 11.8 Å². The van der Waals surface area contributed by atoms with Crippen LogP contribution in [0, 0.1) is 0 Å². The quantitative estimate of drug-likeness (QED) is 0.684. The summed E-state index contributed by atoms with van der Waals surface area (Å²) in [6, 6.07) is -0.275. The molecule has 0 aromatic heterocycles. The van der Waals surface area contributed by atoms with Crippen molar-refractivity contribution in [2.24, 2.45) is 0 Å².